The maximum atomic E-state index is 13.1. The minimum absolute atomic E-state index is 0.0111. The zero-order valence-corrected chi connectivity index (χ0v) is 17.3. The first kappa shape index (κ1) is 22.3. The molecule has 0 aliphatic carbocycles. The number of hydrogen-bond donors (Lipinski definition) is 0. The van der Waals surface area contributed by atoms with Crippen LogP contribution in [0.1, 0.15) is 42.0 Å². The van der Waals surface area contributed by atoms with Crippen molar-refractivity contribution in [1.82, 2.24) is 19.8 Å². The summed E-state index contributed by atoms with van der Waals surface area (Å²) in [6.45, 7) is 3.77. The van der Waals surface area contributed by atoms with Gasteiger partial charge in [-0.25, -0.2) is 4.79 Å². The van der Waals surface area contributed by atoms with Gasteiger partial charge in [0.15, 0.2) is 0 Å². The lowest BCUT2D eigenvalue weighted by Gasteiger charge is -2.12. The zero-order chi connectivity index (χ0) is 22.6. The first-order valence-corrected chi connectivity index (χ1v) is 9.66. The number of tetrazole rings is 1. The molecule has 0 atom stereocenters. The predicted molar refractivity (Wildman–Crippen MR) is 109 cm³/mol. The highest BCUT2D eigenvalue weighted by atomic mass is 19.4. The van der Waals surface area contributed by atoms with Crippen molar-refractivity contribution in [2.24, 2.45) is 12.2 Å². The Morgan fingerprint density at radius 2 is 1.90 bits per heavy atom. The van der Waals surface area contributed by atoms with Gasteiger partial charge in [-0.3, -0.25) is 0 Å². The minimum Gasteiger partial charge on any atom is -0.391 e. The molecule has 0 aliphatic rings. The van der Waals surface area contributed by atoms with Crippen LogP contribution in [-0.2, 0) is 24.7 Å². The summed E-state index contributed by atoms with van der Waals surface area (Å²) in [5, 5.41) is 11.7. The Hall–Kier alpha value is -3.43. The van der Waals surface area contributed by atoms with Crippen LogP contribution < -0.4 is 5.69 Å². The number of hydrogen-bond acceptors (Lipinski definition) is 5. The van der Waals surface area contributed by atoms with E-state index in [1.807, 2.05) is 19.9 Å². The second-order valence-corrected chi connectivity index (χ2v) is 7.01. The van der Waals surface area contributed by atoms with E-state index in [0.29, 0.717) is 35.4 Å². The fourth-order valence-corrected chi connectivity index (χ4v) is 3.07. The van der Waals surface area contributed by atoms with Gasteiger partial charge >= 0.3 is 11.9 Å². The molecule has 0 aliphatic heterocycles. The molecule has 0 unspecified atom stereocenters. The second kappa shape index (κ2) is 9.15. The van der Waals surface area contributed by atoms with Gasteiger partial charge in [0.25, 0.3) is 0 Å². The summed E-state index contributed by atoms with van der Waals surface area (Å²) >= 11 is 0. The summed E-state index contributed by atoms with van der Waals surface area (Å²) in [5.74, 6) is 0. The smallest absolute Gasteiger partial charge is 0.391 e. The number of halogens is 3. The van der Waals surface area contributed by atoms with E-state index in [1.165, 1.54) is 13.1 Å². The third-order valence-corrected chi connectivity index (χ3v) is 4.73. The highest BCUT2D eigenvalue weighted by Gasteiger charge is 2.30. The van der Waals surface area contributed by atoms with E-state index in [-0.39, 0.29) is 6.61 Å². The number of aromatic nitrogens is 4. The first-order valence-electron chi connectivity index (χ1n) is 9.66. The van der Waals surface area contributed by atoms with Crippen molar-refractivity contribution in [2.45, 2.75) is 39.5 Å². The average Bonchev–Trinajstić information content (AvgIpc) is 3.06. The second-order valence-electron chi connectivity index (χ2n) is 7.01. The van der Waals surface area contributed by atoms with Gasteiger partial charge in [-0.1, -0.05) is 42.8 Å². The van der Waals surface area contributed by atoms with Gasteiger partial charge in [-0.2, -0.15) is 22.5 Å². The molecule has 164 valence electrons. The molecule has 3 aromatic rings. The average molecular weight is 433 g/mol. The maximum absolute atomic E-state index is 13.1. The normalized spacial score (nSPS) is 12.3. The van der Waals surface area contributed by atoms with Crippen LogP contribution in [0.3, 0.4) is 0 Å². The van der Waals surface area contributed by atoms with Crippen molar-refractivity contribution in [1.29, 1.82) is 0 Å². The monoisotopic (exact) mass is 433 g/mol. The number of alkyl halides is 3. The standard InChI is InChI=1S/C21H22F3N5O2/c1-4-7-18(15-9-6-10-16(12-15)21(22,23)24)25-31-13-17-14(2)8-5-11-19(17)29-20(30)28(3)26-27-29/h5-6,8-12H,4,7,13H2,1-3H3. The molecule has 3 rings (SSSR count). The summed E-state index contributed by atoms with van der Waals surface area (Å²) in [6.07, 6.45) is -3.30. The van der Waals surface area contributed by atoms with Gasteiger partial charge in [0.05, 0.1) is 17.0 Å². The van der Waals surface area contributed by atoms with Gasteiger partial charge in [0.1, 0.15) is 6.61 Å². The van der Waals surface area contributed by atoms with Crippen molar-refractivity contribution in [3.05, 3.63) is 75.2 Å². The van der Waals surface area contributed by atoms with Crippen LogP contribution in [0.4, 0.5) is 13.2 Å². The van der Waals surface area contributed by atoms with Crippen molar-refractivity contribution in [3.63, 3.8) is 0 Å². The predicted octanol–water partition coefficient (Wildman–Crippen LogP) is 4.01. The number of oxime groups is 1. The topological polar surface area (TPSA) is 74.3 Å². The van der Waals surface area contributed by atoms with Crippen molar-refractivity contribution in [2.75, 3.05) is 0 Å². The Kier molecular flexibility index (Phi) is 6.57. The number of aryl methyl sites for hydroxylation is 2. The minimum atomic E-state index is -4.44. The molecule has 0 fully saturated rings. The molecule has 2 aromatic carbocycles. The lowest BCUT2D eigenvalue weighted by atomic mass is 10.0. The van der Waals surface area contributed by atoms with Gasteiger partial charge in [-0.05, 0) is 53.1 Å². The number of benzene rings is 2. The summed E-state index contributed by atoms with van der Waals surface area (Å²) in [5.41, 5.74) is 1.65. The van der Waals surface area contributed by atoms with Crippen LogP contribution in [-0.4, -0.2) is 25.5 Å². The molecule has 0 amide bonds. The van der Waals surface area contributed by atoms with E-state index in [0.717, 1.165) is 27.1 Å². The molecule has 31 heavy (non-hydrogen) atoms. The third-order valence-electron chi connectivity index (χ3n) is 4.73. The van der Waals surface area contributed by atoms with Gasteiger partial charge in [0, 0.05) is 12.6 Å². The summed E-state index contributed by atoms with van der Waals surface area (Å²) < 4.78 is 41.5. The van der Waals surface area contributed by atoms with Crippen LogP contribution in [0.15, 0.2) is 52.4 Å². The highest BCUT2D eigenvalue weighted by molar-refractivity contribution is 6.00. The highest BCUT2D eigenvalue weighted by Crippen LogP contribution is 2.30. The number of nitrogens with zero attached hydrogens (tertiary/aromatic N) is 5. The Labute approximate surface area is 176 Å². The molecular formula is C21H22F3N5O2. The lowest BCUT2D eigenvalue weighted by Crippen LogP contribution is -2.23. The fourth-order valence-electron chi connectivity index (χ4n) is 3.07. The van der Waals surface area contributed by atoms with Crippen molar-refractivity contribution >= 4 is 5.71 Å². The molecule has 0 N–H and O–H groups in total. The first-order chi connectivity index (χ1) is 14.7. The molecule has 1 aromatic heterocycles. The molecular weight excluding hydrogens is 411 g/mol. The molecule has 10 heteroatoms. The Morgan fingerprint density at radius 1 is 1.16 bits per heavy atom. The van der Waals surface area contributed by atoms with Gasteiger partial charge in [0.2, 0.25) is 0 Å². The largest absolute Gasteiger partial charge is 0.416 e. The van der Waals surface area contributed by atoms with E-state index >= 15 is 0 Å². The molecule has 0 saturated carbocycles. The molecule has 0 spiro atoms. The third kappa shape index (κ3) is 5.01. The quantitative estimate of drug-likeness (QED) is 0.417. The van der Waals surface area contributed by atoms with Crippen molar-refractivity contribution < 1.29 is 18.0 Å². The fraction of sp³-hybridized carbons (Fsp3) is 0.333. The lowest BCUT2D eigenvalue weighted by molar-refractivity contribution is -0.137. The van der Waals surface area contributed by atoms with E-state index in [9.17, 15) is 18.0 Å². The molecule has 0 radical (unpaired) electrons. The van der Waals surface area contributed by atoms with Gasteiger partial charge in [-0.15, -0.1) is 0 Å². The molecule has 7 nitrogen and oxygen atoms in total. The van der Waals surface area contributed by atoms with Crippen LogP contribution in [0.25, 0.3) is 5.69 Å². The summed E-state index contributed by atoms with van der Waals surface area (Å²) in [4.78, 5) is 17.8. The van der Waals surface area contributed by atoms with Gasteiger partial charge < -0.3 is 4.84 Å². The van der Waals surface area contributed by atoms with E-state index < -0.39 is 17.4 Å². The molecule has 0 saturated heterocycles. The summed E-state index contributed by atoms with van der Waals surface area (Å²) in [7, 11) is 1.49. The van der Waals surface area contributed by atoms with E-state index in [1.54, 1.807) is 18.2 Å². The van der Waals surface area contributed by atoms with E-state index in [2.05, 4.69) is 15.6 Å². The zero-order valence-electron chi connectivity index (χ0n) is 17.3. The van der Waals surface area contributed by atoms with Crippen LogP contribution in [0.5, 0.6) is 0 Å². The van der Waals surface area contributed by atoms with E-state index in [4.69, 9.17) is 4.84 Å². The number of rotatable bonds is 7. The molecule has 0 bridgehead atoms. The van der Waals surface area contributed by atoms with Crippen molar-refractivity contribution in [3.8, 4) is 5.69 Å². The SMILES string of the molecule is CCCC(=NOCc1c(C)cccc1-n1nnn(C)c1=O)c1cccc(C(F)(F)F)c1. The maximum Gasteiger partial charge on any atom is 0.416 e. The van der Waals surface area contributed by atoms with Crippen LogP contribution >= 0.6 is 0 Å². The Bertz CT molecular complexity index is 1150. The summed E-state index contributed by atoms with van der Waals surface area (Å²) in [6, 6.07) is 10.4. The Balaban J connectivity index is 1.90. The van der Waals surface area contributed by atoms with Crippen LogP contribution in [0.2, 0.25) is 0 Å². The van der Waals surface area contributed by atoms with Crippen LogP contribution in [0, 0.1) is 6.92 Å². The Morgan fingerprint density at radius 3 is 2.55 bits per heavy atom. The molecule has 1 heterocycles.